The van der Waals surface area contributed by atoms with Crippen LogP contribution in [0.3, 0.4) is 0 Å². The maximum absolute atomic E-state index is 12.4. The lowest BCUT2D eigenvalue weighted by atomic mass is 10.4. The second-order valence-electron chi connectivity index (χ2n) is 5.34. The second kappa shape index (κ2) is 7.88. The Balaban J connectivity index is 2.19. The summed E-state index contributed by atoms with van der Waals surface area (Å²) in [5, 5.41) is 16.3. The summed E-state index contributed by atoms with van der Waals surface area (Å²) in [5.41, 5.74) is 0.447. The minimum Gasteiger partial charge on any atom is -0.207 e. The van der Waals surface area contributed by atoms with Gasteiger partial charge in [-0.05, 0) is 43.3 Å². The van der Waals surface area contributed by atoms with Crippen LogP contribution in [-0.4, -0.2) is 44.4 Å². The van der Waals surface area contributed by atoms with Gasteiger partial charge in [-0.25, -0.2) is 21.6 Å². The topological polar surface area (TPSA) is 133 Å². The van der Waals surface area contributed by atoms with Crippen molar-refractivity contribution in [1.29, 1.82) is 5.26 Å². The van der Waals surface area contributed by atoms with Crippen LogP contribution < -0.4 is 4.72 Å². The Morgan fingerprint density at radius 3 is 2.31 bits per heavy atom. The fourth-order valence-corrected chi connectivity index (χ4v) is 4.20. The monoisotopic (exact) mass is 395 g/mol. The third kappa shape index (κ3) is 4.41. The van der Waals surface area contributed by atoms with Crippen molar-refractivity contribution in [2.75, 3.05) is 7.05 Å². The minimum atomic E-state index is -3.89. The van der Waals surface area contributed by atoms with Crippen LogP contribution in [0, 0.1) is 11.3 Å². The molecule has 1 aromatic carbocycles. The van der Waals surface area contributed by atoms with Crippen LogP contribution in [0.15, 0.2) is 52.4 Å². The Kier molecular flexibility index (Phi) is 6.04. The smallest absolute Gasteiger partial charge is 0.207 e. The van der Waals surface area contributed by atoms with E-state index in [1.807, 2.05) is 6.07 Å². The molecule has 0 fully saturated rings. The number of hydrogen-bond acceptors (Lipinski definition) is 7. The van der Waals surface area contributed by atoms with Crippen molar-refractivity contribution in [2.45, 2.75) is 29.3 Å². The number of sulfonamides is 2. The van der Waals surface area contributed by atoms with E-state index in [-0.39, 0.29) is 16.3 Å². The largest absolute Gasteiger partial charge is 0.244 e. The normalized spacial score (nSPS) is 13.3. The number of hydrogen-bond donors (Lipinski definition) is 1. The lowest BCUT2D eigenvalue weighted by molar-refractivity contribution is 0.442. The summed E-state index contributed by atoms with van der Waals surface area (Å²) in [7, 11) is -6.44. The van der Waals surface area contributed by atoms with E-state index < -0.39 is 26.1 Å². The van der Waals surface area contributed by atoms with Crippen molar-refractivity contribution in [2.24, 2.45) is 0 Å². The van der Waals surface area contributed by atoms with Gasteiger partial charge in [-0.3, -0.25) is 0 Å². The van der Waals surface area contributed by atoms with Gasteiger partial charge in [0.2, 0.25) is 20.0 Å². The Morgan fingerprint density at radius 1 is 1.15 bits per heavy atom. The quantitative estimate of drug-likeness (QED) is 0.721. The first-order valence-corrected chi connectivity index (χ1v) is 10.3. The average molecular weight is 395 g/mol. The van der Waals surface area contributed by atoms with Crippen molar-refractivity contribution in [1.82, 2.24) is 19.2 Å². The van der Waals surface area contributed by atoms with Gasteiger partial charge < -0.3 is 0 Å². The van der Waals surface area contributed by atoms with Gasteiger partial charge in [0.1, 0.15) is 6.04 Å². The van der Waals surface area contributed by atoms with Gasteiger partial charge in [0.25, 0.3) is 0 Å². The zero-order chi connectivity index (χ0) is 19.4. The summed E-state index contributed by atoms with van der Waals surface area (Å²) in [4.78, 5) is -0.189. The Morgan fingerprint density at radius 2 is 1.77 bits per heavy atom. The van der Waals surface area contributed by atoms with E-state index in [0.29, 0.717) is 5.69 Å². The molecule has 1 atom stereocenters. The fourth-order valence-electron chi connectivity index (χ4n) is 1.93. The van der Waals surface area contributed by atoms with E-state index in [4.69, 9.17) is 5.26 Å². The van der Waals surface area contributed by atoms with Crippen molar-refractivity contribution in [3.8, 4) is 6.07 Å². The molecule has 0 aliphatic rings. The average Bonchev–Trinajstić information content (AvgIpc) is 2.66. The summed E-state index contributed by atoms with van der Waals surface area (Å²) in [5.74, 6) is 0. The molecule has 0 spiro atoms. The molecule has 0 radical (unpaired) electrons. The van der Waals surface area contributed by atoms with Gasteiger partial charge in [0.15, 0.2) is 0 Å². The first kappa shape index (κ1) is 19.9. The van der Waals surface area contributed by atoms with E-state index in [9.17, 15) is 16.8 Å². The fraction of sp³-hybridized carbons (Fsp3) is 0.267. The second-order valence-corrected chi connectivity index (χ2v) is 9.10. The molecular weight excluding hydrogens is 378 g/mol. The first-order valence-electron chi connectivity index (χ1n) is 7.42. The molecule has 2 rings (SSSR count). The molecule has 11 heteroatoms. The van der Waals surface area contributed by atoms with Crippen molar-refractivity contribution in [3.63, 3.8) is 0 Å². The molecule has 0 bridgehead atoms. The molecule has 2 aromatic rings. The standard InChI is InChI=1S/C15H17N5O4S2/c1-12(10-16)20(2)26(23,24)15-7-5-14(6-8-15)25(21,22)18-11-13-4-3-9-17-19-13/h3-9,12,18H,11H2,1-2H3. The number of nitrogens with one attached hydrogen (secondary N) is 1. The molecule has 0 aliphatic carbocycles. The van der Waals surface area contributed by atoms with Crippen LogP contribution in [0.1, 0.15) is 12.6 Å². The van der Waals surface area contributed by atoms with Crippen molar-refractivity contribution >= 4 is 20.0 Å². The molecule has 0 amide bonds. The van der Waals surface area contributed by atoms with Crippen LogP contribution in [0.4, 0.5) is 0 Å². The lowest BCUT2D eigenvalue weighted by Crippen LogP contribution is -2.34. The molecule has 9 nitrogen and oxygen atoms in total. The number of aromatic nitrogens is 2. The zero-order valence-corrected chi connectivity index (χ0v) is 15.7. The van der Waals surface area contributed by atoms with Gasteiger partial charge >= 0.3 is 0 Å². The molecule has 0 saturated carbocycles. The van der Waals surface area contributed by atoms with Gasteiger partial charge in [0, 0.05) is 13.2 Å². The van der Waals surface area contributed by atoms with Gasteiger partial charge in [-0.15, -0.1) is 0 Å². The molecule has 26 heavy (non-hydrogen) atoms. The number of benzene rings is 1. The Labute approximate surface area is 152 Å². The number of nitriles is 1. The molecule has 0 saturated heterocycles. The SMILES string of the molecule is CC(C#N)N(C)S(=O)(=O)c1ccc(S(=O)(=O)NCc2cccnn2)cc1. The van der Waals surface area contributed by atoms with Crippen molar-refractivity contribution in [3.05, 3.63) is 48.3 Å². The highest BCUT2D eigenvalue weighted by atomic mass is 32.2. The summed E-state index contributed by atoms with van der Waals surface area (Å²) < 4.78 is 52.7. The summed E-state index contributed by atoms with van der Waals surface area (Å²) in [6.07, 6.45) is 1.47. The van der Waals surface area contributed by atoms with E-state index in [0.717, 1.165) is 4.31 Å². The molecule has 1 aromatic heterocycles. The lowest BCUT2D eigenvalue weighted by Gasteiger charge is -2.19. The van der Waals surface area contributed by atoms with Gasteiger partial charge in [0.05, 0.1) is 28.1 Å². The Bertz CT molecular complexity index is 1000. The third-order valence-electron chi connectivity index (χ3n) is 3.61. The van der Waals surface area contributed by atoms with Crippen LogP contribution in [0.25, 0.3) is 0 Å². The van der Waals surface area contributed by atoms with Crippen LogP contribution in [-0.2, 0) is 26.6 Å². The third-order valence-corrected chi connectivity index (χ3v) is 6.97. The van der Waals surface area contributed by atoms with Gasteiger partial charge in [-0.2, -0.15) is 19.8 Å². The molecule has 1 N–H and O–H groups in total. The van der Waals surface area contributed by atoms with E-state index in [1.165, 1.54) is 44.4 Å². The first-order chi connectivity index (χ1) is 12.2. The summed E-state index contributed by atoms with van der Waals surface area (Å²) >= 11 is 0. The molecule has 1 heterocycles. The van der Waals surface area contributed by atoms with Crippen molar-refractivity contribution < 1.29 is 16.8 Å². The Hall–Kier alpha value is -2.39. The summed E-state index contributed by atoms with van der Waals surface area (Å²) in [6.45, 7) is 1.41. The zero-order valence-electron chi connectivity index (χ0n) is 14.1. The predicted molar refractivity (Wildman–Crippen MR) is 92.5 cm³/mol. The summed E-state index contributed by atoms with van der Waals surface area (Å²) in [6, 6.07) is 9.00. The molecule has 1 unspecified atom stereocenters. The van der Waals surface area contributed by atoms with Crippen LogP contribution in [0.5, 0.6) is 0 Å². The number of nitrogens with zero attached hydrogens (tertiary/aromatic N) is 4. The maximum atomic E-state index is 12.4. The number of rotatable bonds is 7. The van der Waals surface area contributed by atoms with Gasteiger partial charge in [-0.1, -0.05) is 0 Å². The predicted octanol–water partition coefficient (Wildman–Crippen LogP) is 0.488. The van der Waals surface area contributed by atoms with Crippen LogP contribution >= 0.6 is 0 Å². The van der Waals surface area contributed by atoms with Crippen LogP contribution in [0.2, 0.25) is 0 Å². The minimum absolute atomic E-state index is 0.0430. The highest BCUT2D eigenvalue weighted by Crippen LogP contribution is 2.19. The highest BCUT2D eigenvalue weighted by Gasteiger charge is 2.26. The molecule has 138 valence electrons. The highest BCUT2D eigenvalue weighted by molar-refractivity contribution is 7.89. The molecular formula is C15H17N5O4S2. The van der Waals surface area contributed by atoms with E-state index >= 15 is 0 Å². The maximum Gasteiger partial charge on any atom is 0.244 e. The van der Waals surface area contributed by atoms with E-state index in [1.54, 1.807) is 12.1 Å². The van der Waals surface area contributed by atoms with E-state index in [2.05, 4.69) is 14.9 Å². The molecule has 0 aliphatic heterocycles.